The van der Waals surface area contributed by atoms with E-state index >= 15 is 0 Å². The third-order valence-corrected chi connectivity index (χ3v) is 4.65. The number of aromatic amines is 1. The zero-order valence-electron chi connectivity index (χ0n) is 12.4. The molecule has 21 heavy (non-hydrogen) atoms. The van der Waals surface area contributed by atoms with Gasteiger partial charge in [-0.05, 0) is 5.92 Å². The number of hydrogen-bond acceptors (Lipinski definition) is 3. The second-order valence-electron chi connectivity index (χ2n) is 6.26. The minimum absolute atomic E-state index is 0.623. The number of benzene rings is 1. The van der Waals surface area contributed by atoms with Crippen LogP contribution in [0.3, 0.4) is 0 Å². The Morgan fingerprint density at radius 2 is 1.71 bits per heavy atom. The van der Waals surface area contributed by atoms with E-state index in [4.69, 9.17) is 14.5 Å². The van der Waals surface area contributed by atoms with Gasteiger partial charge in [0.15, 0.2) is 11.5 Å². The molecular formula is C17H22N2O2. The van der Waals surface area contributed by atoms with E-state index in [2.05, 4.69) is 4.98 Å². The number of ether oxygens (including phenoxy) is 2. The molecule has 0 spiro atoms. The Morgan fingerprint density at radius 3 is 2.48 bits per heavy atom. The molecule has 1 saturated carbocycles. The van der Waals surface area contributed by atoms with Gasteiger partial charge in [-0.3, -0.25) is 0 Å². The molecule has 112 valence electrons. The SMILES string of the molecule is c1c2c(cc3[nH]c(CC4CCCCCC4)nc13)OCCO2. The van der Waals surface area contributed by atoms with Gasteiger partial charge in [-0.25, -0.2) is 4.98 Å². The minimum Gasteiger partial charge on any atom is -0.486 e. The fraction of sp³-hybridized carbons (Fsp3) is 0.588. The van der Waals surface area contributed by atoms with Crippen LogP contribution in [0.5, 0.6) is 11.5 Å². The molecule has 0 unspecified atom stereocenters. The molecule has 0 atom stereocenters. The lowest BCUT2D eigenvalue weighted by molar-refractivity contribution is 0.172. The molecule has 1 aromatic heterocycles. The van der Waals surface area contributed by atoms with E-state index in [0.29, 0.717) is 13.2 Å². The molecule has 0 saturated heterocycles. The van der Waals surface area contributed by atoms with Crippen LogP contribution in [0.15, 0.2) is 12.1 Å². The standard InChI is InChI=1S/C17H22N2O2/c1-2-4-6-12(5-3-1)9-17-18-13-10-15-16(11-14(13)19-17)21-8-7-20-15/h10-12H,1-9H2,(H,18,19). The number of aromatic nitrogens is 2. The van der Waals surface area contributed by atoms with Gasteiger partial charge >= 0.3 is 0 Å². The summed E-state index contributed by atoms with van der Waals surface area (Å²) < 4.78 is 11.3. The van der Waals surface area contributed by atoms with E-state index < -0.39 is 0 Å². The van der Waals surface area contributed by atoms with Gasteiger partial charge in [0.2, 0.25) is 0 Å². The van der Waals surface area contributed by atoms with Crippen LogP contribution < -0.4 is 9.47 Å². The van der Waals surface area contributed by atoms with Crippen molar-refractivity contribution in [2.24, 2.45) is 5.92 Å². The van der Waals surface area contributed by atoms with E-state index in [1.807, 2.05) is 12.1 Å². The van der Waals surface area contributed by atoms with Crippen molar-refractivity contribution in [3.8, 4) is 11.5 Å². The number of H-pyrrole nitrogens is 1. The predicted octanol–water partition coefficient (Wildman–Crippen LogP) is 3.85. The first-order valence-corrected chi connectivity index (χ1v) is 8.17. The second kappa shape index (κ2) is 5.58. The first-order valence-electron chi connectivity index (χ1n) is 8.17. The number of rotatable bonds is 2. The van der Waals surface area contributed by atoms with Crippen molar-refractivity contribution < 1.29 is 9.47 Å². The van der Waals surface area contributed by atoms with Crippen LogP contribution in [-0.4, -0.2) is 23.2 Å². The minimum atomic E-state index is 0.623. The summed E-state index contributed by atoms with van der Waals surface area (Å²) in [6.45, 7) is 1.25. The van der Waals surface area contributed by atoms with Crippen molar-refractivity contribution in [3.05, 3.63) is 18.0 Å². The van der Waals surface area contributed by atoms with Gasteiger partial charge in [0, 0.05) is 18.6 Å². The number of fused-ring (bicyclic) bond motifs is 2. The topological polar surface area (TPSA) is 47.1 Å². The van der Waals surface area contributed by atoms with Gasteiger partial charge in [0.1, 0.15) is 19.0 Å². The summed E-state index contributed by atoms with van der Waals surface area (Å²) in [7, 11) is 0. The Labute approximate surface area is 124 Å². The Kier molecular flexibility index (Phi) is 3.45. The summed E-state index contributed by atoms with van der Waals surface area (Å²) >= 11 is 0. The van der Waals surface area contributed by atoms with Crippen molar-refractivity contribution in [1.29, 1.82) is 0 Å². The lowest BCUT2D eigenvalue weighted by Crippen LogP contribution is -2.15. The number of imidazole rings is 1. The number of hydrogen-bond donors (Lipinski definition) is 1. The van der Waals surface area contributed by atoms with Crippen LogP contribution in [0.4, 0.5) is 0 Å². The van der Waals surface area contributed by atoms with Gasteiger partial charge < -0.3 is 14.5 Å². The molecule has 2 heterocycles. The molecular weight excluding hydrogens is 264 g/mol. The largest absolute Gasteiger partial charge is 0.486 e. The lowest BCUT2D eigenvalue weighted by Gasteiger charge is -2.17. The average molecular weight is 286 g/mol. The van der Waals surface area contributed by atoms with Gasteiger partial charge in [-0.2, -0.15) is 0 Å². The highest BCUT2D eigenvalue weighted by atomic mass is 16.6. The molecule has 0 radical (unpaired) electrons. The summed E-state index contributed by atoms with van der Waals surface area (Å²) in [5.41, 5.74) is 2.05. The van der Waals surface area contributed by atoms with Crippen molar-refractivity contribution in [3.63, 3.8) is 0 Å². The Bertz CT molecular complexity index is 584. The van der Waals surface area contributed by atoms with Gasteiger partial charge in [0.25, 0.3) is 0 Å². The third kappa shape index (κ3) is 2.71. The van der Waals surface area contributed by atoms with Crippen molar-refractivity contribution >= 4 is 11.0 Å². The smallest absolute Gasteiger partial charge is 0.163 e. The van der Waals surface area contributed by atoms with Gasteiger partial charge in [-0.1, -0.05) is 38.5 Å². The normalized spacial score (nSPS) is 19.6. The van der Waals surface area contributed by atoms with E-state index in [1.54, 1.807) is 0 Å². The second-order valence-corrected chi connectivity index (χ2v) is 6.26. The zero-order chi connectivity index (χ0) is 14.1. The summed E-state index contributed by atoms with van der Waals surface area (Å²) in [5, 5.41) is 0. The molecule has 0 bridgehead atoms. The Hall–Kier alpha value is -1.71. The zero-order valence-corrected chi connectivity index (χ0v) is 12.4. The predicted molar refractivity (Wildman–Crippen MR) is 82.0 cm³/mol. The molecule has 1 aliphatic heterocycles. The van der Waals surface area contributed by atoms with E-state index in [1.165, 1.54) is 38.5 Å². The van der Waals surface area contributed by atoms with Crippen LogP contribution in [0.1, 0.15) is 44.3 Å². The van der Waals surface area contributed by atoms with E-state index in [0.717, 1.165) is 40.7 Å². The number of nitrogens with zero attached hydrogens (tertiary/aromatic N) is 1. The fourth-order valence-electron chi connectivity index (χ4n) is 3.54. The summed E-state index contributed by atoms with van der Waals surface area (Å²) in [6, 6.07) is 4.02. The summed E-state index contributed by atoms with van der Waals surface area (Å²) in [6.07, 6.45) is 9.32. The molecule has 4 nitrogen and oxygen atoms in total. The summed E-state index contributed by atoms with van der Waals surface area (Å²) in [5.74, 6) is 3.55. The summed E-state index contributed by atoms with van der Waals surface area (Å²) in [4.78, 5) is 8.22. The lowest BCUT2D eigenvalue weighted by atomic mass is 9.96. The van der Waals surface area contributed by atoms with Crippen molar-refractivity contribution in [2.75, 3.05) is 13.2 Å². The highest BCUT2D eigenvalue weighted by Gasteiger charge is 2.17. The van der Waals surface area contributed by atoms with Crippen molar-refractivity contribution in [1.82, 2.24) is 9.97 Å². The van der Waals surface area contributed by atoms with Crippen LogP contribution in [0.2, 0.25) is 0 Å². The molecule has 4 heteroatoms. The molecule has 1 fully saturated rings. The number of nitrogens with one attached hydrogen (secondary N) is 1. The average Bonchev–Trinajstić information content (AvgIpc) is 2.70. The highest BCUT2D eigenvalue weighted by Crippen LogP contribution is 2.34. The molecule has 0 amide bonds. The molecule has 2 aromatic rings. The quantitative estimate of drug-likeness (QED) is 0.853. The van der Waals surface area contributed by atoms with Gasteiger partial charge in [-0.15, -0.1) is 0 Å². The highest BCUT2D eigenvalue weighted by molar-refractivity contribution is 5.79. The molecule has 1 N–H and O–H groups in total. The fourth-order valence-corrected chi connectivity index (χ4v) is 3.54. The maximum Gasteiger partial charge on any atom is 0.163 e. The Morgan fingerprint density at radius 1 is 1.00 bits per heavy atom. The van der Waals surface area contributed by atoms with Crippen LogP contribution >= 0.6 is 0 Å². The monoisotopic (exact) mass is 286 g/mol. The van der Waals surface area contributed by atoms with E-state index in [-0.39, 0.29) is 0 Å². The molecule has 1 aliphatic carbocycles. The molecule has 4 rings (SSSR count). The van der Waals surface area contributed by atoms with Crippen LogP contribution in [0.25, 0.3) is 11.0 Å². The van der Waals surface area contributed by atoms with Crippen LogP contribution in [0, 0.1) is 5.92 Å². The first-order chi connectivity index (χ1) is 10.4. The van der Waals surface area contributed by atoms with Crippen molar-refractivity contribution in [2.45, 2.75) is 44.9 Å². The van der Waals surface area contributed by atoms with Gasteiger partial charge in [0.05, 0.1) is 11.0 Å². The van der Waals surface area contributed by atoms with E-state index in [9.17, 15) is 0 Å². The maximum absolute atomic E-state index is 5.63. The van der Waals surface area contributed by atoms with Crippen LogP contribution in [-0.2, 0) is 6.42 Å². The molecule has 2 aliphatic rings. The maximum atomic E-state index is 5.63. The molecule has 1 aromatic carbocycles. The third-order valence-electron chi connectivity index (χ3n) is 4.65. The Balaban J connectivity index is 1.58. The first kappa shape index (κ1) is 13.0.